The second kappa shape index (κ2) is 11.5. The molecule has 1 rings (SSSR count). The Labute approximate surface area is 164 Å². The fraction of sp³-hybridized carbons (Fsp3) is 0.682. The molecule has 0 saturated heterocycles. The van der Waals surface area contributed by atoms with E-state index in [1.165, 1.54) is 19.3 Å². The average molecular weight is 383 g/mol. The maximum absolute atomic E-state index is 11.5. The highest BCUT2D eigenvalue weighted by molar-refractivity contribution is 6.32. The van der Waals surface area contributed by atoms with Gasteiger partial charge >= 0.3 is 5.97 Å². The lowest BCUT2D eigenvalue weighted by Crippen LogP contribution is -2.27. The molecular formula is C22H35ClO3. The Morgan fingerprint density at radius 3 is 2.35 bits per heavy atom. The number of carboxylic acids is 1. The summed E-state index contributed by atoms with van der Waals surface area (Å²) >= 11 is 6.38. The predicted octanol–water partition coefficient (Wildman–Crippen LogP) is 7.00. The number of carbonyl (C=O) groups is 1. The predicted molar refractivity (Wildman–Crippen MR) is 109 cm³/mol. The number of hydrogen-bond acceptors (Lipinski definition) is 2. The summed E-state index contributed by atoms with van der Waals surface area (Å²) in [5.74, 6) is -0.467. The third-order valence-electron chi connectivity index (χ3n) is 4.95. The van der Waals surface area contributed by atoms with Gasteiger partial charge in [-0.15, -0.1) is 0 Å². The van der Waals surface area contributed by atoms with E-state index in [2.05, 4.69) is 27.7 Å². The topological polar surface area (TPSA) is 46.5 Å². The zero-order valence-electron chi connectivity index (χ0n) is 16.8. The molecule has 0 heterocycles. The normalized spacial score (nSPS) is 12.8. The van der Waals surface area contributed by atoms with Crippen LogP contribution in [0.3, 0.4) is 0 Å². The average Bonchev–Trinajstić information content (AvgIpc) is 2.57. The summed E-state index contributed by atoms with van der Waals surface area (Å²) in [5.41, 5.74) is 1.20. The molecule has 0 aliphatic heterocycles. The monoisotopic (exact) mass is 382 g/mol. The van der Waals surface area contributed by atoms with Crippen molar-refractivity contribution >= 4 is 17.6 Å². The van der Waals surface area contributed by atoms with Gasteiger partial charge in [-0.05, 0) is 42.4 Å². The third kappa shape index (κ3) is 7.57. The van der Waals surface area contributed by atoms with Gasteiger partial charge in [-0.25, -0.2) is 4.79 Å². The van der Waals surface area contributed by atoms with Crippen molar-refractivity contribution in [3.63, 3.8) is 0 Å². The molecule has 0 spiro atoms. The van der Waals surface area contributed by atoms with Crippen LogP contribution in [-0.2, 0) is 10.2 Å². The van der Waals surface area contributed by atoms with E-state index in [4.69, 9.17) is 16.3 Å². The Hall–Kier alpha value is -1.22. The van der Waals surface area contributed by atoms with Crippen molar-refractivity contribution in [2.75, 3.05) is 0 Å². The molecule has 0 aliphatic rings. The Balaban J connectivity index is 2.67. The van der Waals surface area contributed by atoms with Crippen LogP contribution < -0.4 is 4.74 Å². The second-order valence-corrected chi connectivity index (χ2v) is 8.19. The smallest absolute Gasteiger partial charge is 0.344 e. The summed E-state index contributed by atoms with van der Waals surface area (Å²) in [6.45, 7) is 8.75. The maximum Gasteiger partial charge on any atom is 0.344 e. The summed E-state index contributed by atoms with van der Waals surface area (Å²) in [6.07, 6.45) is 8.58. The lowest BCUT2D eigenvalue weighted by molar-refractivity contribution is -0.145. The van der Waals surface area contributed by atoms with Gasteiger partial charge in [0.05, 0.1) is 5.02 Å². The number of halogens is 1. The molecule has 0 aliphatic carbocycles. The fourth-order valence-electron chi connectivity index (χ4n) is 3.28. The molecule has 1 atom stereocenters. The first kappa shape index (κ1) is 22.8. The maximum atomic E-state index is 11.5. The molecule has 3 nitrogen and oxygen atoms in total. The van der Waals surface area contributed by atoms with E-state index in [1.54, 1.807) is 0 Å². The van der Waals surface area contributed by atoms with Crippen molar-refractivity contribution in [2.45, 2.75) is 97.0 Å². The van der Waals surface area contributed by atoms with Gasteiger partial charge in [0.1, 0.15) is 5.75 Å². The van der Waals surface area contributed by atoms with E-state index in [0.29, 0.717) is 17.2 Å². The number of hydrogen-bond donors (Lipinski definition) is 1. The van der Waals surface area contributed by atoms with Crippen LogP contribution in [0, 0.1) is 0 Å². The summed E-state index contributed by atoms with van der Waals surface area (Å²) in [7, 11) is 0. The highest BCUT2D eigenvalue weighted by Gasteiger charge is 2.23. The number of aliphatic carboxylic acids is 1. The van der Waals surface area contributed by atoms with E-state index in [1.807, 2.05) is 18.2 Å². The van der Waals surface area contributed by atoms with Gasteiger partial charge < -0.3 is 9.84 Å². The molecule has 0 aromatic heterocycles. The van der Waals surface area contributed by atoms with Crippen LogP contribution >= 0.6 is 11.6 Å². The minimum absolute atomic E-state index is 0.0433. The minimum atomic E-state index is -0.926. The van der Waals surface area contributed by atoms with Crippen molar-refractivity contribution in [2.24, 2.45) is 0 Å². The zero-order valence-corrected chi connectivity index (χ0v) is 17.6. The van der Waals surface area contributed by atoms with E-state index in [0.717, 1.165) is 37.7 Å². The number of unbranched alkanes of at least 4 members (excludes halogenated alkanes) is 5. The summed E-state index contributed by atoms with van der Waals surface area (Å²) in [5, 5.41) is 9.94. The van der Waals surface area contributed by atoms with Crippen LogP contribution in [-0.4, -0.2) is 17.2 Å². The van der Waals surface area contributed by atoms with Gasteiger partial charge in [0.25, 0.3) is 0 Å². The molecule has 4 heteroatoms. The van der Waals surface area contributed by atoms with E-state index < -0.39 is 12.1 Å². The first-order valence-electron chi connectivity index (χ1n) is 10.0. The molecule has 0 fully saturated rings. The SMILES string of the molecule is CCCCCCCCC(Oc1ccc(C(C)(C)CCC)cc1Cl)C(=O)O. The summed E-state index contributed by atoms with van der Waals surface area (Å²) < 4.78 is 5.73. The Bertz CT molecular complexity index is 554. The molecular weight excluding hydrogens is 348 g/mol. The Morgan fingerprint density at radius 1 is 1.12 bits per heavy atom. The number of carboxylic acid groups (broad SMARTS) is 1. The van der Waals surface area contributed by atoms with Crippen LogP contribution in [0.1, 0.15) is 91.0 Å². The third-order valence-corrected chi connectivity index (χ3v) is 5.25. The second-order valence-electron chi connectivity index (χ2n) is 7.78. The van der Waals surface area contributed by atoms with Crippen molar-refractivity contribution in [1.82, 2.24) is 0 Å². The number of ether oxygens (including phenoxy) is 1. The van der Waals surface area contributed by atoms with Gasteiger partial charge in [-0.3, -0.25) is 0 Å². The van der Waals surface area contributed by atoms with E-state index in [-0.39, 0.29) is 5.41 Å². The summed E-state index contributed by atoms with van der Waals surface area (Å²) in [6, 6.07) is 5.73. The first-order chi connectivity index (χ1) is 12.3. The minimum Gasteiger partial charge on any atom is -0.479 e. The van der Waals surface area contributed by atoms with Crippen LogP contribution in [0.2, 0.25) is 5.02 Å². The van der Waals surface area contributed by atoms with Crippen LogP contribution in [0.4, 0.5) is 0 Å². The Morgan fingerprint density at radius 2 is 1.77 bits per heavy atom. The summed E-state index contributed by atoms with van der Waals surface area (Å²) in [4.78, 5) is 11.5. The van der Waals surface area contributed by atoms with Crippen molar-refractivity contribution in [1.29, 1.82) is 0 Å². The number of benzene rings is 1. The molecule has 1 aromatic rings. The molecule has 1 unspecified atom stereocenters. The van der Waals surface area contributed by atoms with Gasteiger partial charge in [0.2, 0.25) is 0 Å². The van der Waals surface area contributed by atoms with E-state index >= 15 is 0 Å². The van der Waals surface area contributed by atoms with Gasteiger partial charge in [0, 0.05) is 0 Å². The van der Waals surface area contributed by atoms with Crippen LogP contribution in [0.5, 0.6) is 5.75 Å². The zero-order chi connectivity index (χ0) is 19.6. The van der Waals surface area contributed by atoms with E-state index in [9.17, 15) is 9.90 Å². The van der Waals surface area contributed by atoms with Crippen LogP contribution in [0.15, 0.2) is 18.2 Å². The van der Waals surface area contributed by atoms with Crippen molar-refractivity contribution in [3.8, 4) is 5.75 Å². The quantitative estimate of drug-likeness (QED) is 0.373. The molecule has 0 amide bonds. The van der Waals surface area contributed by atoms with Crippen LogP contribution in [0.25, 0.3) is 0 Å². The lowest BCUT2D eigenvalue weighted by atomic mass is 9.81. The molecule has 0 radical (unpaired) electrons. The van der Waals surface area contributed by atoms with Gasteiger partial charge in [-0.2, -0.15) is 0 Å². The highest BCUT2D eigenvalue weighted by atomic mass is 35.5. The van der Waals surface area contributed by atoms with Gasteiger partial charge in [0.15, 0.2) is 6.10 Å². The molecule has 0 bridgehead atoms. The van der Waals surface area contributed by atoms with Crippen molar-refractivity contribution in [3.05, 3.63) is 28.8 Å². The molecule has 0 saturated carbocycles. The lowest BCUT2D eigenvalue weighted by Gasteiger charge is -2.25. The molecule has 1 aromatic carbocycles. The number of rotatable bonds is 13. The molecule has 1 N–H and O–H groups in total. The fourth-order valence-corrected chi connectivity index (χ4v) is 3.51. The molecule has 148 valence electrons. The first-order valence-corrected chi connectivity index (χ1v) is 10.4. The standard InChI is InChI=1S/C22H35ClO3/c1-5-7-8-9-10-11-12-20(21(24)25)26-19-14-13-17(16-18(19)23)22(3,4)15-6-2/h13-14,16,20H,5-12,15H2,1-4H3,(H,24,25). The molecule has 26 heavy (non-hydrogen) atoms. The van der Waals surface area contributed by atoms with Crippen molar-refractivity contribution < 1.29 is 14.6 Å². The van der Waals surface area contributed by atoms with Gasteiger partial charge in [-0.1, -0.05) is 83.9 Å². The Kier molecular flexibility index (Phi) is 10.1. The highest BCUT2D eigenvalue weighted by Crippen LogP contribution is 2.34. The largest absolute Gasteiger partial charge is 0.479 e.